The Balaban J connectivity index is 2.62. The number of ether oxygens (including phenoxy) is 2. The second-order valence-corrected chi connectivity index (χ2v) is 4.95. The number of carbonyl (C=O) groups is 1. The minimum atomic E-state index is -0.611. The fraction of sp³-hybridized carbons (Fsp3) is 0.909. The number of carbonyl (C=O) groups excluding carboxylic acids is 1. The third kappa shape index (κ3) is 3.01. The van der Waals surface area contributed by atoms with Crippen molar-refractivity contribution < 1.29 is 19.1 Å². The molecular weight excluding hydrogens is 210 g/mol. The van der Waals surface area contributed by atoms with Crippen LogP contribution in [0.4, 0.5) is 0 Å². The quantitative estimate of drug-likeness (QED) is 0.728. The molecule has 1 aliphatic heterocycles. The number of ketones is 1. The fourth-order valence-electron chi connectivity index (χ4n) is 1.64. The third-order valence-electron chi connectivity index (χ3n) is 2.76. The Morgan fingerprint density at radius 3 is 2.25 bits per heavy atom. The molecule has 0 radical (unpaired) electrons. The lowest BCUT2D eigenvalue weighted by molar-refractivity contribution is -0.277. The monoisotopic (exact) mass is 231 g/mol. The Kier molecular flexibility index (Phi) is 4.07. The van der Waals surface area contributed by atoms with Gasteiger partial charge in [-0.25, -0.2) is 0 Å². The molecule has 1 N–H and O–H groups in total. The van der Waals surface area contributed by atoms with Gasteiger partial charge in [0.05, 0.1) is 31.8 Å². The van der Waals surface area contributed by atoms with E-state index < -0.39 is 11.2 Å². The average molecular weight is 231 g/mol. The largest absolute Gasteiger partial charge is 0.349 e. The molecule has 0 amide bonds. The first-order chi connectivity index (χ1) is 7.31. The summed E-state index contributed by atoms with van der Waals surface area (Å²) in [6.45, 7) is 8.03. The van der Waals surface area contributed by atoms with Crippen molar-refractivity contribution in [3.8, 4) is 0 Å². The number of Topliss-reactive ketones (excluding diaryl/α,β-unsaturated/α-hetero) is 1. The molecule has 0 aromatic rings. The highest BCUT2D eigenvalue weighted by Crippen LogP contribution is 2.30. The molecule has 5 nitrogen and oxygen atoms in total. The van der Waals surface area contributed by atoms with E-state index in [0.29, 0.717) is 13.2 Å². The first-order valence-electron chi connectivity index (χ1n) is 5.41. The molecule has 1 aliphatic rings. The minimum Gasteiger partial charge on any atom is -0.349 e. The van der Waals surface area contributed by atoms with Gasteiger partial charge in [-0.3, -0.25) is 4.79 Å². The van der Waals surface area contributed by atoms with Crippen molar-refractivity contribution in [2.24, 2.45) is 5.41 Å². The molecule has 0 aliphatic carbocycles. The lowest BCUT2D eigenvalue weighted by atomic mass is 9.83. The van der Waals surface area contributed by atoms with Crippen molar-refractivity contribution in [1.82, 2.24) is 5.48 Å². The molecule has 5 heteroatoms. The van der Waals surface area contributed by atoms with Crippen molar-refractivity contribution >= 4 is 5.78 Å². The highest BCUT2D eigenvalue weighted by molar-refractivity contribution is 5.89. The van der Waals surface area contributed by atoms with Gasteiger partial charge >= 0.3 is 0 Å². The van der Waals surface area contributed by atoms with Crippen molar-refractivity contribution in [3.05, 3.63) is 0 Å². The zero-order chi connectivity index (χ0) is 12.4. The highest BCUT2D eigenvalue weighted by Gasteiger charge is 2.43. The summed E-state index contributed by atoms with van der Waals surface area (Å²) in [7, 11) is 1.49. The van der Waals surface area contributed by atoms with E-state index >= 15 is 0 Å². The summed E-state index contributed by atoms with van der Waals surface area (Å²) in [6, 6.07) is -0.372. The van der Waals surface area contributed by atoms with Crippen LogP contribution in [0.1, 0.15) is 27.7 Å². The Hall–Kier alpha value is -0.490. The highest BCUT2D eigenvalue weighted by atomic mass is 16.7. The maximum atomic E-state index is 12.1. The van der Waals surface area contributed by atoms with Crippen molar-refractivity contribution in [1.29, 1.82) is 0 Å². The molecule has 1 saturated heterocycles. The second-order valence-electron chi connectivity index (χ2n) is 4.95. The Morgan fingerprint density at radius 1 is 1.31 bits per heavy atom. The van der Waals surface area contributed by atoms with Gasteiger partial charge in [-0.2, -0.15) is 5.48 Å². The van der Waals surface area contributed by atoms with Gasteiger partial charge in [0.1, 0.15) is 0 Å². The first kappa shape index (κ1) is 13.6. The van der Waals surface area contributed by atoms with Crippen molar-refractivity contribution in [2.75, 3.05) is 20.3 Å². The van der Waals surface area contributed by atoms with Crippen LogP contribution in [0.5, 0.6) is 0 Å². The summed E-state index contributed by atoms with van der Waals surface area (Å²) in [5.41, 5.74) is 2.02. The third-order valence-corrected chi connectivity index (χ3v) is 2.76. The normalized spacial score (nSPS) is 25.1. The standard InChI is InChI=1S/C11H21NO4/c1-8(12-14-5)9(13)11(4)6-15-10(2,3)16-7-11/h8,12H,6-7H2,1-5H3. The van der Waals surface area contributed by atoms with E-state index in [4.69, 9.17) is 14.3 Å². The van der Waals surface area contributed by atoms with Gasteiger partial charge < -0.3 is 14.3 Å². The van der Waals surface area contributed by atoms with E-state index in [1.807, 2.05) is 20.8 Å². The maximum absolute atomic E-state index is 12.1. The predicted octanol–water partition coefficient (Wildman–Crippen LogP) is 0.884. The van der Waals surface area contributed by atoms with Crippen LogP contribution in [-0.4, -0.2) is 37.9 Å². The molecule has 0 saturated carbocycles. The first-order valence-corrected chi connectivity index (χ1v) is 5.41. The van der Waals surface area contributed by atoms with Crippen LogP contribution in [0, 0.1) is 5.41 Å². The van der Waals surface area contributed by atoms with E-state index in [1.165, 1.54) is 7.11 Å². The summed E-state index contributed by atoms with van der Waals surface area (Å²) < 4.78 is 11.0. The molecule has 1 atom stereocenters. The van der Waals surface area contributed by atoms with Gasteiger partial charge in [-0.15, -0.1) is 0 Å². The molecule has 16 heavy (non-hydrogen) atoms. The molecule has 0 aromatic carbocycles. The second kappa shape index (κ2) is 4.79. The Labute approximate surface area is 96.4 Å². The number of hydrogen-bond donors (Lipinski definition) is 1. The molecular formula is C11H21NO4. The van der Waals surface area contributed by atoms with Gasteiger partial charge in [0.25, 0.3) is 0 Å². The Bertz CT molecular complexity index is 255. The van der Waals surface area contributed by atoms with Gasteiger partial charge in [0.15, 0.2) is 11.6 Å². The molecule has 0 aromatic heterocycles. The molecule has 1 fully saturated rings. The smallest absolute Gasteiger partial charge is 0.162 e. The zero-order valence-electron chi connectivity index (χ0n) is 10.6. The van der Waals surface area contributed by atoms with Crippen molar-refractivity contribution in [3.63, 3.8) is 0 Å². The van der Waals surface area contributed by atoms with Crippen LogP contribution in [0.25, 0.3) is 0 Å². The lowest BCUT2D eigenvalue weighted by Gasteiger charge is -2.41. The van der Waals surface area contributed by atoms with Crippen LogP contribution < -0.4 is 5.48 Å². The lowest BCUT2D eigenvalue weighted by Crippen LogP contribution is -2.53. The van der Waals surface area contributed by atoms with E-state index in [1.54, 1.807) is 6.92 Å². The van der Waals surface area contributed by atoms with Crippen molar-refractivity contribution in [2.45, 2.75) is 39.5 Å². The summed E-state index contributed by atoms with van der Waals surface area (Å²) in [6.07, 6.45) is 0. The van der Waals surface area contributed by atoms with E-state index in [0.717, 1.165) is 0 Å². The van der Waals surface area contributed by atoms with E-state index in [-0.39, 0.29) is 11.8 Å². The summed E-state index contributed by atoms with van der Waals surface area (Å²) in [4.78, 5) is 16.9. The number of hydroxylamine groups is 1. The topological polar surface area (TPSA) is 56.8 Å². The Morgan fingerprint density at radius 2 is 1.81 bits per heavy atom. The predicted molar refractivity (Wildman–Crippen MR) is 58.7 cm³/mol. The molecule has 94 valence electrons. The number of hydrogen-bond acceptors (Lipinski definition) is 5. The van der Waals surface area contributed by atoms with Gasteiger partial charge in [0, 0.05) is 0 Å². The molecule has 1 unspecified atom stereocenters. The number of nitrogens with one attached hydrogen (secondary N) is 1. The van der Waals surface area contributed by atoms with Gasteiger partial charge in [-0.1, -0.05) is 0 Å². The fourth-order valence-corrected chi connectivity index (χ4v) is 1.64. The van der Waals surface area contributed by atoms with Crippen LogP contribution in [0.15, 0.2) is 0 Å². The van der Waals surface area contributed by atoms with E-state index in [2.05, 4.69) is 5.48 Å². The van der Waals surface area contributed by atoms with Crippen LogP contribution in [0.2, 0.25) is 0 Å². The van der Waals surface area contributed by atoms with E-state index in [9.17, 15) is 4.79 Å². The molecule has 1 rings (SSSR count). The van der Waals surface area contributed by atoms with Crippen LogP contribution in [0.3, 0.4) is 0 Å². The average Bonchev–Trinajstić information content (AvgIpc) is 2.22. The maximum Gasteiger partial charge on any atom is 0.162 e. The molecule has 0 spiro atoms. The molecule has 0 bridgehead atoms. The molecule has 1 heterocycles. The summed E-state index contributed by atoms with van der Waals surface area (Å²) in [5.74, 6) is -0.567. The summed E-state index contributed by atoms with van der Waals surface area (Å²) >= 11 is 0. The zero-order valence-corrected chi connectivity index (χ0v) is 10.6. The van der Waals surface area contributed by atoms with Crippen LogP contribution >= 0.6 is 0 Å². The minimum absolute atomic E-state index is 0.0323. The van der Waals surface area contributed by atoms with Crippen LogP contribution in [-0.2, 0) is 19.1 Å². The SMILES string of the molecule is CONC(C)C(=O)C1(C)COC(C)(C)OC1. The van der Waals surface area contributed by atoms with Gasteiger partial charge in [0.2, 0.25) is 0 Å². The summed E-state index contributed by atoms with van der Waals surface area (Å²) in [5, 5.41) is 0. The number of rotatable bonds is 4. The van der Waals surface area contributed by atoms with Gasteiger partial charge in [-0.05, 0) is 27.7 Å².